The Morgan fingerprint density at radius 1 is 1.03 bits per heavy atom. The van der Waals surface area contributed by atoms with Crippen molar-refractivity contribution >= 4 is 39.3 Å². The van der Waals surface area contributed by atoms with E-state index >= 15 is 0 Å². The Bertz CT molecular complexity index is 1270. The first-order chi connectivity index (χ1) is 18.4. The van der Waals surface area contributed by atoms with Crippen LogP contribution in [0.3, 0.4) is 0 Å². The first kappa shape index (κ1) is 25.3. The van der Waals surface area contributed by atoms with Crippen molar-refractivity contribution in [1.29, 1.82) is 0 Å². The fourth-order valence-electron chi connectivity index (χ4n) is 6.61. The number of aryl methyl sites for hydroxylation is 1. The van der Waals surface area contributed by atoms with Crippen molar-refractivity contribution in [3.63, 3.8) is 0 Å². The third-order valence-corrected chi connectivity index (χ3v) is 8.99. The van der Waals surface area contributed by atoms with Gasteiger partial charge in [0, 0.05) is 22.7 Å². The van der Waals surface area contributed by atoms with E-state index in [1.165, 1.54) is 6.42 Å². The Balaban J connectivity index is 1.32. The molecule has 5 unspecified atom stereocenters. The van der Waals surface area contributed by atoms with Gasteiger partial charge in [-0.2, -0.15) is 0 Å². The molecule has 2 aromatic rings. The Morgan fingerprint density at radius 2 is 1.74 bits per heavy atom. The molecule has 4 aliphatic rings. The van der Waals surface area contributed by atoms with E-state index in [9.17, 15) is 14.4 Å². The van der Waals surface area contributed by atoms with Crippen LogP contribution >= 0.6 is 15.9 Å². The summed E-state index contributed by atoms with van der Waals surface area (Å²) >= 11 is 3.41. The number of carbonyl (C=O) groups excluding carboxylic acids is 3. The highest BCUT2D eigenvalue weighted by Gasteiger charge is 2.72. The van der Waals surface area contributed by atoms with Crippen molar-refractivity contribution in [3.05, 3.63) is 76.3 Å². The summed E-state index contributed by atoms with van der Waals surface area (Å²) in [5.41, 5.74) is 1.54. The number of amides is 3. The molecule has 3 heterocycles. The van der Waals surface area contributed by atoms with Gasteiger partial charge in [-0.25, -0.2) is 0 Å². The summed E-state index contributed by atoms with van der Waals surface area (Å²) in [5, 5.41) is 6.20. The minimum Gasteiger partial charge on any atom is -0.359 e. The number of hydrogen-bond donors (Lipinski definition) is 2. The summed E-state index contributed by atoms with van der Waals surface area (Å²) in [5.74, 6) is -2.16. The largest absolute Gasteiger partial charge is 0.359 e. The molecule has 0 radical (unpaired) electrons. The molecule has 3 fully saturated rings. The number of rotatable bonds is 6. The van der Waals surface area contributed by atoms with Crippen LogP contribution in [0.2, 0.25) is 0 Å². The molecule has 8 heteroatoms. The third kappa shape index (κ3) is 4.37. The van der Waals surface area contributed by atoms with Crippen LogP contribution in [0.5, 0.6) is 0 Å². The van der Waals surface area contributed by atoms with Gasteiger partial charge in [0.15, 0.2) is 0 Å². The monoisotopic (exact) mass is 577 g/mol. The second-order valence-corrected chi connectivity index (χ2v) is 11.9. The lowest BCUT2D eigenvalue weighted by atomic mass is 9.74. The van der Waals surface area contributed by atoms with Crippen LogP contribution in [0, 0.1) is 18.8 Å². The Kier molecular flexibility index (Phi) is 6.64. The molecule has 2 bridgehead atoms. The number of likely N-dealkylation sites (tertiary alicyclic amines) is 1. The highest BCUT2D eigenvalue weighted by Crippen LogP contribution is 2.55. The molecular weight excluding hydrogens is 546 g/mol. The Hall–Kier alpha value is -2.97. The molecule has 7 nitrogen and oxygen atoms in total. The Labute approximate surface area is 231 Å². The average molecular weight is 579 g/mol. The van der Waals surface area contributed by atoms with Crippen LogP contribution < -0.4 is 10.6 Å². The smallest absolute Gasteiger partial charge is 0.246 e. The van der Waals surface area contributed by atoms with E-state index in [0.717, 1.165) is 41.3 Å². The second-order valence-electron chi connectivity index (χ2n) is 11.0. The highest BCUT2D eigenvalue weighted by atomic mass is 79.9. The number of ether oxygens (including phenoxy) is 1. The van der Waals surface area contributed by atoms with Gasteiger partial charge in [-0.15, -0.1) is 0 Å². The number of halogens is 1. The predicted molar refractivity (Wildman–Crippen MR) is 147 cm³/mol. The molecule has 1 aliphatic carbocycles. The zero-order valence-electron chi connectivity index (χ0n) is 21.4. The molecule has 198 valence electrons. The maximum absolute atomic E-state index is 14.1. The van der Waals surface area contributed by atoms with Crippen molar-refractivity contribution in [1.82, 2.24) is 10.2 Å². The van der Waals surface area contributed by atoms with E-state index in [2.05, 4.69) is 26.6 Å². The molecule has 0 aromatic heterocycles. The topological polar surface area (TPSA) is 87.7 Å². The van der Waals surface area contributed by atoms with Gasteiger partial charge < -0.3 is 20.3 Å². The van der Waals surface area contributed by atoms with Gasteiger partial charge in [0.25, 0.3) is 0 Å². The summed E-state index contributed by atoms with van der Waals surface area (Å²) in [7, 11) is 0. The standard InChI is InChI=1S/C30H32BrN3O4/c1-18-7-9-19(10-8-18)17-34-26(28(36)33-21-5-3-2-4-6-21)30-16-15-23(38-30)24(25(30)29(34)37)27(35)32-22-13-11-20(31)12-14-22/h7-16,21,23-26H,2-6,17H2,1H3,(H,32,35)(H,33,36). The lowest BCUT2D eigenvalue weighted by Crippen LogP contribution is -2.56. The molecule has 2 saturated heterocycles. The van der Waals surface area contributed by atoms with Crippen molar-refractivity contribution < 1.29 is 19.1 Å². The van der Waals surface area contributed by atoms with Crippen LogP contribution in [0.4, 0.5) is 5.69 Å². The Morgan fingerprint density at radius 3 is 2.45 bits per heavy atom. The number of nitrogens with zero attached hydrogens (tertiary/aromatic N) is 1. The van der Waals surface area contributed by atoms with Crippen LogP contribution in [-0.2, 0) is 25.7 Å². The molecular formula is C30H32BrN3O4. The number of benzene rings is 2. The number of hydrogen-bond acceptors (Lipinski definition) is 4. The van der Waals surface area contributed by atoms with Gasteiger partial charge in [0.05, 0.1) is 17.9 Å². The lowest BCUT2D eigenvalue weighted by Gasteiger charge is -2.34. The predicted octanol–water partition coefficient (Wildman–Crippen LogP) is 4.50. The van der Waals surface area contributed by atoms with Crippen molar-refractivity contribution in [2.24, 2.45) is 11.8 Å². The summed E-state index contributed by atoms with van der Waals surface area (Å²) in [6.07, 6.45) is 8.42. The molecule has 1 spiro atoms. The maximum Gasteiger partial charge on any atom is 0.246 e. The van der Waals surface area contributed by atoms with E-state index in [4.69, 9.17) is 4.74 Å². The zero-order valence-corrected chi connectivity index (χ0v) is 22.9. The van der Waals surface area contributed by atoms with Gasteiger partial charge in [-0.3, -0.25) is 14.4 Å². The van der Waals surface area contributed by atoms with Gasteiger partial charge in [0.2, 0.25) is 17.7 Å². The van der Waals surface area contributed by atoms with E-state index in [0.29, 0.717) is 5.69 Å². The van der Waals surface area contributed by atoms with Gasteiger partial charge in [-0.1, -0.05) is 77.2 Å². The van der Waals surface area contributed by atoms with E-state index < -0.39 is 29.6 Å². The minimum absolute atomic E-state index is 0.0992. The minimum atomic E-state index is -1.16. The summed E-state index contributed by atoms with van der Waals surface area (Å²) in [4.78, 5) is 43.2. The molecule has 1 saturated carbocycles. The van der Waals surface area contributed by atoms with E-state index in [-0.39, 0.29) is 30.3 Å². The van der Waals surface area contributed by atoms with Gasteiger partial charge >= 0.3 is 0 Å². The fraction of sp³-hybridized carbons (Fsp3) is 0.433. The number of anilines is 1. The SMILES string of the molecule is Cc1ccc(CN2C(=O)C3C(C(=O)Nc4ccc(Br)cc4)C4C=CC3(O4)C2C(=O)NC2CCCCC2)cc1. The normalized spacial score (nSPS) is 29.9. The maximum atomic E-state index is 14.1. The number of nitrogens with one attached hydrogen (secondary N) is 2. The van der Waals surface area contributed by atoms with Crippen molar-refractivity contribution in [2.75, 3.05) is 5.32 Å². The molecule has 3 aliphatic heterocycles. The van der Waals surface area contributed by atoms with Crippen LogP contribution in [0.15, 0.2) is 65.2 Å². The van der Waals surface area contributed by atoms with Crippen LogP contribution in [-0.4, -0.2) is 46.4 Å². The summed E-state index contributed by atoms with van der Waals surface area (Å²) in [6, 6.07) is 14.5. The summed E-state index contributed by atoms with van der Waals surface area (Å²) < 4.78 is 7.36. The summed E-state index contributed by atoms with van der Waals surface area (Å²) in [6.45, 7) is 2.30. The van der Waals surface area contributed by atoms with E-state index in [1.54, 1.807) is 4.90 Å². The molecule has 2 N–H and O–H groups in total. The molecule has 6 rings (SSSR count). The van der Waals surface area contributed by atoms with Gasteiger partial charge in [-0.05, 0) is 49.6 Å². The average Bonchev–Trinajstić information content (AvgIpc) is 3.55. The lowest BCUT2D eigenvalue weighted by molar-refractivity contribution is -0.142. The molecule has 5 atom stereocenters. The molecule has 38 heavy (non-hydrogen) atoms. The van der Waals surface area contributed by atoms with Crippen LogP contribution in [0.1, 0.15) is 43.2 Å². The van der Waals surface area contributed by atoms with Crippen molar-refractivity contribution in [3.8, 4) is 0 Å². The number of carbonyl (C=O) groups is 3. The quantitative estimate of drug-likeness (QED) is 0.495. The first-order valence-corrected chi connectivity index (χ1v) is 14.2. The second kappa shape index (κ2) is 9.97. The van der Waals surface area contributed by atoms with Crippen molar-refractivity contribution in [2.45, 2.75) is 69.4 Å². The number of fused-ring (bicyclic) bond motifs is 1. The zero-order chi connectivity index (χ0) is 26.4. The van der Waals surface area contributed by atoms with E-state index in [1.807, 2.05) is 67.6 Å². The molecule has 3 amide bonds. The third-order valence-electron chi connectivity index (χ3n) is 8.46. The van der Waals surface area contributed by atoms with Crippen LogP contribution in [0.25, 0.3) is 0 Å². The fourth-order valence-corrected chi connectivity index (χ4v) is 6.88. The molecule has 2 aromatic carbocycles. The first-order valence-electron chi connectivity index (χ1n) is 13.5. The highest BCUT2D eigenvalue weighted by molar-refractivity contribution is 9.10. The van der Waals surface area contributed by atoms with Gasteiger partial charge in [0.1, 0.15) is 11.6 Å².